The maximum atomic E-state index is 13.1. The number of nitrogens with zero attached hydrogens (tertiary/aromatic N) is 1. The second kappa shape index (κ2) is 6.21. The Balaban J connectivity index is 1.53. The van der Waals surface area contributed by atoms with Crippen LogP contribution in [-0.4, -0.2) is 24.0 Å². The molecule has 130 valence electrons. The molecule has 4 rings (SSSR count). The second-order valence-corrected chi connectivity index (χ2v) is 7.87. The molecule has 0 aliphatic carbocycles. The molecule has 0 unspecified atom stereocenters. The molecule has 3 heteroatoms. The van der Waals surface area contributed by atoms with E-state index in [9.17, 15) is 4.79 Å². The molecule has 0 radical (unpaired) electrons. The molecule has 2 aliphatic rings. The molecule has 2 aromatic carbocycles. The van der Waals surface area contributed by atoms with Crippen molar-refractivity contribution in [1.29, 1.82) is 0 Å². The summed E-state index contributed by atoms with van der Waals surface area (Å²) < 4.78 is 5.74. The van der Waals surface area contributed by atoms with E-state index in [1.807, 2.05) is 23.1 Å². The number of hydrogen-bond acceptors (Lipinski definition) is 2. The lowest BCUT2D eigenvalue weighted by Crippen LogP contribution is -2.45. The fraction of sp³-hybridized carbons (Fsp3) is 0.409. The maximum absolute atomic E-state index is 13.1. The first-order valence-electron chi connectivity index (χ1n) is 9.12. The van der Waals surface area contributed by atoms with Crippen LogP contribution >= 0.6 is 0 Å². The van der Waals surface area contributed by atoms with Crippen molar-refractivity contribution < 1.29 is 9.53 Å². The normalized spacial score (nSPS) is 21.0. The molecule has 0 aromatic heterocycles. The predicted octanol–water partition coefficient (Wildman–Crippen LogP) is 4.26. The van der Waals surface area contributed by atoms with Gasteiger partial charge in [-0.1, -0.05) is 56.3 Å². The van der Waals surface area contributed by atoms with Crippen LogP contribution < -0.4 is 4.74 Å². The summed E-state index contributed by atoms with van der Waals surface area (Å²) in [5.41, 5.74) is 3.83. The maximum Gasteiger partial charge on any atom is 0.223 e. The first-order valence-corrected chi connectivity index (χ1v) is 9.12. The number of benzene rings is 2. The van der Waals surface area contributed by atoms with Crippen molar-refractivity contribution in [1.82, 2.24) is 4.90 Å². The van der Waals surface area contributed by atoms with E-state index < -0.39 is 0 Å². The number of hydrogen-bond donors (Lipinski definition) is 0. The number of fused-ring (bicyclic) bond motifs is 2. The van der Waals surface area contributed by atoms with Gasteiger partial charge in [-0.3, -0.25) is 4.79 Å². The van der Waals surface area contributed by atoms with E-state index in [1.54, 1.807) is 0 Å². The van der Waals surface area contributed by atoms with Gasteiger partial charge in [-0.05, 0) is 35.1 Å². The van der Waals surface area contributed by atoms with Crippen LogP contribution in [0.15, 0.2) is 48.5 Å². The Hall–Kier alpha value is -2.29. The molecule has 0 fully saturated rings. The van der Waals surface area contributed by atoms with Crippen molar-refractivity contribution in [3.05, 3.63) is 65.2 Å². The highest BCUT2D eigenvalue weighted by molar-refractivity contribution is 5.78. The Morgan fingerprint density at radius 3 is 2.80 bits per heavy atom. The smallest absolute Gasteiger partial charge is 0.223 e. The summed E-state index contributed by atoms with van der Waals surface area (Å²) in [6, 6.07) is 16.6. The van der Waals surface area contributed by atoms with Crippen LogP contribution in [0.4, 0.5) is 0 Å². The van der Waals surface area contributed by atoms with Crippen LogP contribution in [0.25, 0.3) is 0 Å². The van der Waals surface area contributed by atoms with Gasteiger partial charge in [0.05, 0.1) is 6.61 Å². The van der Waals surface area contributed by atoms with E-state index in [2.05, 4.69) is 44.2 Å². The van der Waals surface area contributed by atoms with Gasteiger partial charge in [0, 0.05) is 24.9 Å². The van der Waals surface area contributed by atoms with E-state index >= 15 is 0 Å². The van der Waals surface area contributed by atoms with Gasteiger partial charge in [-0.2, -0.15) is 0 Å². The van der Waals surface area contributed by atoms with Crippen molar-refractivity contribution in [2.45, 2.75) is 44.6 Å². The molecule has 0 bridgehead atoms. The minimum absolute atomic E-state index is 0.00190. The molecule has 25 heavy (non-hydrogen) atoms. The van der Waals surface area contributed by atoms with E-state index in [1.165, 1.54) is 16.7 Å². The van der Waals surface area contributed by atoms with Crippen molar-refractivity contribution in [2.24, 2.45) is 0 Å². The zero-order valence-electron chi connectivity index (χ0n) is 15.0. The molecular weight excluding hydrogens is 310 g/mol. The van der Waals surface area contributed by atoms with Crippen molar-refractivity contribution in [2.75, 3.05) is 13.2 Å². The average molecular weight is 335 g/mol. The highest BCUT2D eigenvalue weighted by Gasteiger charge is 2.34. The number of carbonyl (C=O) groups is 1. The van der Waals surface area contributed by atoms with E-state index in [-0.39, 0.29) is 17.2 Å². The Bertz CT molecular complexity index is 796. The first-order chi connectivity index (χ1) is 12.0. The zero-order valence-corrected chi connectivity index (χ0v) is 15.0. The van der Waals surface area contributed by atoms with Crippen LogP contribution in [0.2, 0.25) is 0 Å². The van der Waals surface area contributed by atoms with E-state index in [0.29, 0.717) is 13.0 Å². The van der Waals surface area contributed by atoms with Crippen LogP contribution in [0.3, 0.4) is 0 Å². The quantitative estimate of drug-likeness (QED) is 0.820. The van der Waals surface area contributed by atoms with E-state index in [4.69, 9.17) is 4.74 Å². The lowest BCUT2D eigenvalue weighted by atomic mass is 9.78. The summed E-state index contributed by atoms with van der Waals surface area (Å²) in [6.07, 6.45) is 1.48. The summed E-state index contributed by atoms with van der Waals surface area (Å²) >= 11 is 0. The monoisotopic (exact) mass is 335 g/mol. The molecule has 1 amide bonds. The van der Waals surface area contributed by atoms with Gasteiger partial charge in [-0.25, -0.2) is 0 Å². The molecule has 2 heterocycles. The summed E-state index contributed by atoms with van der Waals surface area (Å²) in [6.45, 7) is 6.67. The van der Waals surface area contributed by atoms with Crippen molar-refractivity contribution >= 4 is 5.91 Å². The predicted molar refractivity (Wildman–Crippen MR) is 98.8 cm³/mol. The number of rotatable bonds is 2. The highest BCUT2D eigenvalue weighted by Crippen LogP contribution is 2.38. The second-order valence-electron chi connectivity index (χ2n) is 7.87. The Kier molecular flexibility index (Phi) is 4.03. The molecule has 2 aliphatic heterocycles. The molecule has 0 saturated heterocycles. The fourth-order valence-electron chi connectivity index (χ4n) is 4.29. The minimum Gasteiger partial charge on any atom is -0.493 e. The van der Waals surface area contributed by atoms with Crippen LogP contribution in [-0.2, 0) is 16.8 Å². The molecular formula is C22H25NO2. The summed E-state index contributed by atoms with van der Waals surface area (Å²) in [5.74, 6) is 1.46. The number of ether oxygens (including phenoxy) is 1. The van der Waals surface area contributed by atoms with E-state index in [0.717, 1.165) is 25.3 Å². The lowest BCUT2D eigenvalue weighted by Gasteiger charge is -2.40. The largest absolute Gasteiger partial charge is 0.493 e. The highest BCUT2D eigenvalue weighted by atomic mass is 16.5. The zero-order chi connectivity index (χ0) is 17.4. The number of amides is 1. The molecule has 0 saturated carbocycles. The van der Waals surface area contributed by atoms with Gasteiger partial charge >= 0.3 is 0 Å². The van der Waals surface area contributed by atoms with Gasteiger partial charge in [0.25, 0.3) is 0 Å². The van der Waals surface area contributed by atoms with Gasteiger partial charge in [-0.15, -0.1) is 0 Å². The topological polar surface area (TPSA) is 29.5 Å². The number of para-hydroxylation sites is 1. The molecule has 0 spiro atoms. The standard InChI is InChI=1S/C22H25NO2/c1-22(2)15-23(14-17-7-3-5-9-19(17)22)21(24)13-16-11-12-25-20-10-6-4-8-18(16)20/h3-10,16H,11-15H2,1-2H3/t16-/m0/s1. The third kappa shape index (κ3) is 3.04. The lowest BCUT2D eigenvalue weighted by molar-refractivity contribution is -0.133. The minimum atomic E-state index is -0.00190. The summed E-state index contributed by atoms with van der Waals surface area (Å²) in [4.78, 5) is 15.1. The fourth-order valence-corrected chi connectivity index (χ4v) is 4.29. The first kappa shape index (κ1) is 16.2. The Labute approximate surface area is 149 Å². The Morgan fingerprint density at radius 2 is 1.92 bits per heavy atom. The Morgan fingerprint density at radius 1 is 1.16 bits per heavy atom. The van der Waals surface area contributed by atoms with Crippen LogP contribution in [0.5, 0.6) is 5.75 Å². The SMILES string of the molecule is CC1(C)CN(C(=O)C[C@@H]2CCOc3ccccc32)Cc2ccccc21. The van der Waals surface area contributed by atoms with Gasteiger partial charge in [0.15, 0.2) is 0 Å². The third-order valence-electron chi connectivity index (χ3n) is 5.55. The van der Waals surface area contributed by atoms with Crippen molar-refractivity contribution in [3.8, 4) is 5.75 Å². The third-order valence-corrected chi connectivity index (χ3v) is 5.55. The van der Waals surface area contributed by atoms with Crippen molar-refractivity contribution in [3.63, 3.8) is 0 Å². The molecule has 3 nitrogen and oxygen atoms in total. The molecule has 0 N–H and O–H groups in total. The average Bonchev–Trinajstić information content (AvgIpc) is 2.61. The molecule has 2 aromatic rings. The van der Waals surface area contributed by atoms with Gasteiger partial charge in [0.1, 0.15) is 5.75 Å². The molecule has 1 atom stereocenters. The number of carbonyl (C=O) groups excluding carboxylic acids is 1. The van der Waals surface area contributed by atoms with Gasteiger partial charge in [0.2, 0.25) is 5.91 Å². The van der Waals surface area contributed by atoms with Crippen LogP contribution in [0.1, 0.15) is 49.3 Å². The summed E-state index contributed by atoms with van der Waals surface area (Å²) in [7, 11) is 0. The van der Waals surface area contributed by atoms with Crippen LogP contribution in [0, 0.1) is 0 Å². The van der Waals surface area contributed by atoms with Gasteiger partial charge < -0.3 is 9.64 Å². The summed E-state index contributed by atoms with van der Waals surface area (Å²) in [5, 5.41) is 0.